The molecule has 5 nitrogen and oxygen atoms in total. The van der Waals surface area contributed by atoms with Gasteiger partial charge in [0.25, 0.3) is 0 Å². The third-order valence-electron chi connectivity index (χ3n) is 4.86. The average Bonchev–Trinajstić information content (AvgIpc) is 2.79. The van der Waals surface area contributed by atoms with E-state index < -0.39 is 0 Å². The number of aromatic nitrogens is 3. The molecule has 2 aromatic carbocycles. The van der Waals surface area contributed by atoms with Gasteiger partial charge in [-0.15, -0.1) is 12.4 Å². The molecular weight excluding hydrogens is 413 g/mol. The Morgan fingerprint density at radius 2 is 1.65 bits per heavy atom. The number of nitrogens with two attached hydrogens (primary N) is 1. The smallest absolute Gasteiger partial charge is 0.223 e. The largest absolute Gasteiger partial charge is 0.399 e. The van der Waals surface area contributed by atoms with Gasteiger partial charge in [-0.25, -0.2) is 14.4 Å². The highest BCUT2D eigenvalue weighted by Gasteiger charge is 2.12. The van der Waals surface area contributed by atoms with Crippen LogP contribution in [0.5, 0.6) is 0 Å². The zero-order chi connectivity index (χ0) is 20.8. The van der Waals surface area contributed by atoms with E-state index >= 15 is 0 Å². The molecule has 0 unspecified atom stereocenters. The molecule has 3 N–H and O–H groups in total. The molecule has 0 fully saturated rings. The van der Waals surface area contributed by atoms with Crippen LogP contribution < -0.4 is 11.1 Å². The molecule has 0 spiro atoms. The minimum atomic E-state index is -0.275. The third kappa shape index (κ3) is 5.55. The number of para-hydroxylation sites is 1. The lowest BCUT2D eigenvalue weighted by atomic mass is 10.0. The molecule has 0 aliphatic heterocycles. The summed E-state index contributed by atoms with van der Waals surface area (Å²) < 4.78 is 13.4. The molecule has 0 saturated heterocycles. The molecule has 0 atom stereocenters. The third-order valence-corrected chi connectivity index (χ3v) is 4.86. The fourth-order valence-electron chi connectivity index (χ4n) is 3.28. The number of nitrogens with one attached hydrogen (secondary N) is 1. The van der Waals surface area contributed by atoms with Crippen LogP contribution in [0.15, 0.2) is 79.3 Å². The first kappa shape index (κ1) is 22.2. The number of aryl methyl sites for hydroxylation is 1. The van der Waals surface area contributed by atoms with E-state index in [4.69, 9.17) is 10.7 Å². The van der Waals surface area contributed by atoms with Gasteiger partial charge in [-0.3, -0.25) is 4.98 Å². The number of hydrogen-bond acceptors (Lipinski definition) is 5. The minimum Gasteiger partial charge on any atom is -0.399 e. The van der Waals surface area contributed by atoms with Crippen molar-refractivity contribution in [3.63, 3.8) is 0 Å². The first-order chi connectivity index (χ1) is 14.7. The van der Waals surface area contributed by atoms with E-state index in [1.165, 1.54) is 12.1 Å². The molecule has 0 amide bonds. The first-order valence-electron chi connectivity index (χ1n) is 9.81. The second-order valence-corrected chi connectivity index (χ2v) is 6.93. The molecule has 0 aliphatic carbocycles. The molecule has 0 radical (unpaired) electrons. The quantitative estimate of drug-likeness (QED) is 0.300. The van der Waals surface area contributed by atoms with E-state index in [2.05, 4.69) is 15.3 Å². The Bertz CT molecular complexity index is 1120. The van der Waals surface area contributed by atoms with Crippen LogP contribution in [0.1, 0.15) is 12.0 Å². The van der Waals surface area contributed by atoms with Crippen molar-refractivity contribution in [1.82, 2.24) is 15.0 Å². The van der Waals surface area contributed by atoms with Crippen LogP contribution in [0.3, 0.4) is 0 Å². The predicted octanol–water partition coefficient (Wildman–Crippen LogP) is 5.39. The highest BCUT2D eigenvalue weighted by molar-refractivity contribution is 5.85. The molecule has 4 aromatic rings. The van der Waals surface area contributed by atoms with E-state index in [0.717, 1.165) is 53.0 Å². The number of anilines is 2. The molecular formula is C24H23ClFN5. The number of nitrogens with zero attached hydrogens (tertiary/aromatic N) is 3. The van der Waals surface area contributed by atoms with E-state index in [1.54, 1.807) is 30.7 Å². The highest BCUT2D eigenvalue weighted by atomic mass is 35.5. The summed E-state index contributed by atoms with van der Waals surface area (Å²) in [5, 5.41) is 3.29. The molecule has 2 aromatic heterocycles. The normalized spacial score (nSPS) is 10.4. The summed E-state index contributed by atoms with van der Waals surface area (Å²) in [5.74, 6) is 0.274. The Labute approximate surface area is 187 Å². The van der Waals surface area contributed by atoms with E-state index in [1.807, 2.05) is 36.4 Å². The summed E-state index contributed by atoms with van der Waals surface area (Å²) in [6.45, 7) is 0.722. The lowest BCUT2D eigenvalue weighted by molar-refractivity contribution is 0.628. The zero-order valence-electron chi connectivity index (χ0n) is 16.8. The van der Waals surface area contributed by atoms with Crippen molar-refractivity contribution in [3.05, 3.63) is 90.6 Å². The minimum absolute atomic E-state index is 0. The lowest BCUT2D eigenvalue weighted by Crippen LogP contribution is -2.08. The van der Waals surface area contributed by atoms with Gasteiger partial charge in [0.15, 0.2) is 0 Å². The zero-order valence-corrected chi connectivity index (χ0v) is 17.6. The van der Waals surface area contributed by atoms with Crippen LogP contribution in [0.25, 0.3) is 22.4 Å². The predicted molar refractivity (Wildman–Crippen MR) is 126 cm³/mol. The van der Waals surface area contributed by atoms with Crippen molar-refractivity contribution >= 4 is 24.0 Å². The second-order valence-electron chi connectivity index (χ2n) is 6.93. The molecule has 7 heteroatoms. The molecule has 2 heterocycles. The standard InChI is InChI=1S/C24H22FN5.ClH/c25-20-9-7-17(8-10-20)21-16-29-24(30-23(21)19-11-14-27-15-12-19)28-13-3-5-18-4-1-2-6-22(18)26;/h1-2,4,6-12,14-16H,3,5,13,26H2,(H,28,29,30);1H. The molecule has 158 valence electrons. The van der Waals surface area contributed by atoms with Crippen molar-refractivity contribution in [2.45, 2.75) is 12.8 Å². The summed E-state index contributed by atoms with van der Waals surface area (Å²) in [4.78, 5) is 13.3. The fourth-order valence-corrected chi connectivity index (χ4v) is 3.28. The highest BCUT2D eigenvalue weighted by Crippen LogP contribution is 2.30. The van der Waals surface area contributed by atoms with Gasteiger partial charge in [0, 0.05) is 41.9 Å². The summed E-state index contributed by atoms with van der Waals surface area (Å²) in [5.41, 5.74) is 11.4. The van der Waals surface area contributed by atoms with Crippen LogP contribution >= 0.6 is 12.4 Å². The van der Waals surface area contributed by atoms with Gasteiger partial charge < -0.3 is 11.1 Å². The molecule has 31 heavy (non-hydrogen) atoms. The van der Waals surface area contributed by atoms with Crippen LogP contribution in [-0.2, 0) is 6.42 Å². The van der Waals surface area contributed by atoms with Gasteiger partial charge >= 0.3 is 0 Å². The first-order valence-corrected chi connectivity index (χ1v) is 9.81. The maximum absolute atomic E-state index is 13.4. The second kappa shape index (κ2) is 10.5. The summed E-state index contributed by atoms with van der Waals surface area (Å²) in [6, 6.07) is 18.0. The Kier molecular flexibility index (Phi) is 7.51. The van der Waals surface area contributed by atoms with Crippen LogP contribution in [0.4, 0.5) is 16.0 Å². The van der Waals surface area contributed by atoms with Crippen molar-refractivity contribution in [3.8, 4) is 22.4 Å². The van der Waals surface area contributed by atoms with Crippen molar-refractivity contribution < 1.29 is 4.39 Å². The monoisotopic (exact) mass is 435 g/mol. The maximum Gasteiger partial charge on any atom is 0.223 e. The Balaban J connectivity index is 0.00000272. The van der Waals surface area contributed by atoms with Crippen molar-refractivity contribution in [2.24, 2.45) is 0 Å². The molecule has 0 saturated carbocycles. The Morgan fingerprint density at radius 1 is 0.903 bits per heavy atom. The van der Waals surface area contributed by atoms with Gasteiger partial charge in [0.1, 0.15) is 5.82 Å². The number of rotatable bonds is 7. The molecule has 0 aliphatic rings. The Morgan fingerprint density at radius 3 is 2.39 bits per heavy atom. The van der Waals surface area contributed by atoms with Gasteiger partial charge in [0.05, 0.1) is 5.69 Å². The topological polar surface area (TPSA) is 76.7 Å². The lowest BCUT2D eigenvalue weighted by Gasteiger charge is -2.12. The number of benzene rings is 2. The van der Waals surface area contributed by atoms with Gasteiger partial charge in [-0.05, 0) is 54.3 Å². The Hall–Kier alpha value is -3.51. The van der Waals surface area contributed by atoms with Crippen molar-refractivity contribution in [2.75, 3.05) is 17.6 Å². The average molecular weight is 436 g/mol. The number of nitrogen functional groups attached to an aromatic ring is 1. The van der Waals surface area contributed by atoms with Gasteiger partial charge in [-0.2, -0.15) is 0 Å². The number of hydrogen-bond donors (Lipinski definition) is 2. The number of halogens is 2. The van der Waals surface area contributed by atoms with E-state index in [-0.39, 0.29) is 18.2 Å². The SMILES string of the molecule is Cl.Nc1ccccc1CCCNc1ncc(-c2ccc(F)cc2)c(-c2ccncc2)n1. The number of pyridine rings is 1. The maximum atomic E-state index is 13.4. The van der Waals surface area contributed by atoms with Gasteiger partial charge in [-0.1, -0.05) is 30.3 Å². The summed E-state index contributed by atoms with van der Waals surface area (Å²) in [6.07, 6.45) is 7.01. The van der Waals surface area contributed by atoms with Crippen LogP contribution in [0, 0.1) is 5.82 Å². The molecule has 0 bridgehead atoms. The summed E-state index contributed by atoms with van der Waals surface area (Å²) >= 11 is 0. The van der Waals surface area contributed by atoms with E-state index in [0.29, 0.717) is 5.95 Å². The molecule has 4 rings (SSSR count). The van der Waals surface area contributed by atoms with Crippen LogP contribution in [0.2, 0.25) is 0 Å². The van der Waals surface area contributed by atoms with E-state index in [9.17, 15) is 4.39 Å². The summed E-state index contributed by atoms with van der Waals surface area (Å²) in [7, 11) is 0. The van der Waals surface area contributed by atoms with Crippen LogP contribution in [-0.4, -0.2) is 21.5 Å². The van der Waals surface area contributed by atoms with Crippen molar-refractivity contribution in [1.29, 1.82) is 0 Å². The van der Waals surface area contributed by atoms with Gasteiger partial charge in [0.2, 0.25) is 5.95 Å². The fraction of sp³-hybridized carbons (Fsp3) is 0.125.